The zero-order chi connectivity index (χ0) is 25.1. The van der Waals surface area contributed by atoms with Crippen molar-refractivity contribution in [3.8, 4) is 11.5 Å². The number of ether oxygens (including phenoxy) is 2. The van der Waals surface area contributed by atoms with E-state index in [1.54, 1.807) is 18.2 Å². The topological polar surface area (TPSA) is 88.1 Å². The SMILES string of the molecule is Cc1cc(CC(=O)O)cc(NC(=O)c2ccc(OC[C@@H]3CN(C)c4ccccc4O3)c(C)c2C)c1. The Morgan fingerprint density at radius 1 is 1.09 bits per heavy atom. The fourth-order valence-electron chi connectivity index (χ4n) is 4.37. The molecule has 1 amide bonds. The number of fused-ring (bicyclic) bond motifs is 1. The summed E-state index contributed by atoms with van der Waals surface area (Å²) in [5.41, 5.74) is 5.41. The van der Waals surface area contributed by atoms with Crippen LogP contribution in [0.4, 0.5) is 11.4 Å². The first-order valence-electron chi connectivity index (χ1n) is 11.5. The number of aryl methyl sites for hydroxylation is 1. The molecule has 182 valence electrons. The van der Waals surface area contributed by atoms with Crippen LogP contribution < -0.4 is 19.7 Å². The van der Waals surface area contributed by atoms with Crippen LogP contribution >= 0.6 is 0 Å². The van der Waals surface area contributed by atoms with Gasteiger partial charge in [-0.2, -0.15) is 0 Å². The van der Waals surface area contributed by atoms with Gasteiger partial charge in [0.05, 0.1) is 18.7 Å². The van der Waals surface area contributed by atoms with Crippen LogP contribution in [0.5, 0.6) is 11.5 Å². The zero-order valence-corrected chi connectivity index (χ0v) is 20.4. The maximum atomic E-state index is 13.0. The number of hydrogen-bond acceptors (Lipinski definition) is 5. The Morgan fingerprint density at radius 2 is 1.86 bits per heavy atom. The number of aliphatic carboxylic acids is 1. The largest absolute Gasteiger partial charge is 0.489 e. The molecule has 1 aliphatic rings. The quantitative estimate of drug-likeness (QED) is 0.513. The standard InChI is InChI=1S/C28H30N2O5/c1-17-11-20(14-27(31)32)13-21(12-17)29-28(33)23-9-10-25(19(3)18(23)2)34-16-22-15-30(4)24-7-5-6-8-26(24)35-22/h5-13,22H,14-16H2,1-4H3,(H,29,33)(H,31,32)/t22-/m0/s1. The first-order valence-corrected chi connectivity index (χ1v) is 11.5. The van der Waals surface area contributed by atoms with Crippen molar-refractivity contribution in [2.24, 2.45) is 0 Å². The maximum Gasteiger partial charge on any atom is 0.307 e. The Hall–Kier alpha value is -4.00. The molecular formula is C28H30N2O5. The molecule has 0 fully saturated rings. The van der Waals surface area contributed by atoms with Gasteiger partial charge in [-0.3, -0.25) is 9.59 Å². The fourth-order valence-corrected chi connectivity index (χ4v) is 4.37. The summed E-state index contributed by atoms with van der Waals surface area (Å²) in [4.78, 5) is 26.2. The maximum absolute atomic E-state index is 13.0. The number of nitrogens with zero attached hydrogens (tertiary/aromatic N) is 1. The van der Waals surface area contributed by atoms with E-state index in [1.807, 2.05) is 64.2 Å². The Balaban J connectivity index is 1.44. The Bertz CT molecular complexity index is 1270. The van der Waals surface area contributed by atoms with E-state index >= 15 is 0 Å². The van der Waals surface area contributed by atoms with Gasteiger partial charge in [0, 0.05) is 18.3 Å². The van der Waals surface area contributed by atoms with Gasteiger partial charge in [0.15, 0.2) is 0 Å². The van der Waals surface area contributed by atoms with Crippen molar-refractivity contribution in [3.05, 3.63) is 82.4 Å². The minimum Gasteiger partial charge on any atom is -0.489 e. The number of carboxylic acids is 1. The summed E-state index contributed by atoms with van der Waals surface area (Å²) in [6.45, 7) is 6.80. The second-order valence-corrected chi connectivity index (χ2v) is 8.99. The molecule has 2 N–H and O–H groups in total. The average molecular weight is 475 g/mol. The van der Waals surface area contributed by atoms with E-state index < -0.39 is 5.97 Å². The molecule has 0 unspecified atom stereocenters. The van der Waals surface area contributed by atoms with E-state index in [0.29, 0.717) is 29.2 Å². The smallest absolute Gasteiger partial charge is 0.307 e. The lowest BCUT2D eigenvalue weighted by Crippen LogP contribution is -2.41. The molecule has 0 radical (unpaired) electrons. The van der Waals surface area contributed by atoms with Crippen LogP contribution in [0.3, 0.4) is 0 Å². The normalized spacial score (nSPS) is 14.6. The third-order valence-corrected chi connectivity index (χ3v) is 6.20. The molecule has 0 aromatic heterocycles. The van der Waals surface area contributed by atoms with Gasteiger partial charge in [0.25, 0.3) is 5.91 Å². The van der Waals surface area contributed by atoms with Gasteiger partial charge in [0.2, 0.25) is 0 Å². The van der Waals surface area contributed by atoms with E-state index in [9.17, 15) is 9.59 Å². The lowest BCUT2D eigenvalue weighted by molar-refractivity contribution is -0.136. The molecule has 0 saturated carbocycles. The molecule has 1 atom stereocenters. The van der Waals surface area contributed by atoms with Gasteiger partial charge in [-0.05, 0) is 79.4 Å². The lowest BCUT2D eigenvalue weighted by atomic mass is 10.0. The number of anilines is 2. The molecule has 7 heteroatoms. The van der Waals surface area contributed by atoms with Crippen molar-refractivity contribution in [2.45, 2.75) is 33.3 Å². The number of carboxylic acid groups (broad SMARTS) is 1. The Labute approximate surface area is 205 Å². The summed E-state index contributed by atoms with van der Waals surface area (Å²) in [6, 6.07) is 16.8. The molecule has 3 aromatic carbocycles. The van der Waals surface area contributed by atoms with Gasteiger partial charge >= 0.3 is 5.97 Å². The molecule has 0 saturated heterocycles. The molecule has 7 nitrogen and oxygen atoms in total. The van der Waals surface area contributed by atoms with E-state index in [4.69, 9.17) is 14.6 Å². The summed E-state index contributed by atoms with van der Waals surface area (Å²) in [5.74, 6) is 0.392. The first-order chi connectivity index (χ1) is 16.7. The summed E-state index contributed by atoms with van der Waals surface area (Å²) >= 11 is 0. The number of hydrogen-bond donors (Lipinski definition) is 2. The summed E-state index contributed by atoms with van der Waals surface area (Å²) in [5, 5.41) is 12.0. The number of nitrogens with one attached hydrogen (secondary N) is 1. The van der Waals surface area contributed by atoms with E-state index in [-0.39, 0.29) is 18.4 Å². The Morgan fingerprint density at radius 3 is 2.63 bits per heavy atom. The minimum atomic E-state index is -0.913. The van der Waals surface area contributed by atoms with Crippen LogP contribution in [-0.4, -0.2) is 43.3 Å². The molecule has 35 heavy (non-hydrogen) atoms. The van der Waals surface area contributed by atoms with Crippen molar-refractivity contribution in [3.63, 3.8) is 0 Å². The Kier molecular flexibility index (Phi) is 6.96. The third kappa shape index (κ3) is 5.57. The summed E-state index contributed by atoms with van der Waals surface area (Å²) in [7, 11) is 2.04. The molecule has 0 aliphatic carbocycles. The minimum absolute atomic E-state index is 0.0964. The number of amides is 1. The van der Waals surface area contributed by atoms with Gasteiger partial charge < -0.3 is 24.8 Å². The lowest BCUT2D eigenvalue weighted by Gasteiger charge is -2.33. The van der Waals surface area contributed by atoms with Crippen LogP contribution in [0.2, 0.25) is 0 Å². The monoisotopic (exact) mass is 474 g/mol. The van der Waals surface area contributed by atoms with Crippen LogP contribution in [0, 0.1) is 20.8 Å². The number of carbonyl (C=O) groups excluding carboxylic acids is 1. The molecular weight excluding hydrogens is 444 g/mol. The highest BCUT2D eigenvalue weighted by Crippen LogP contribution is 2.32. The average Bonchev–Trinajstić information content (AvgIpc) is 2.79. The van der Waals surface area contributed by atoms with Gasteiger partial charge in [0.1, 0.15) is 24.2 Å². The predicted octanol–water partition coefficient (Wildman–Crippen LogP) is 4.77. The number of benzene rings is 3. The third-order valence-electron chi connectivity index (χ3n) is 6.20. The van der Waals surface area contributed by atoms with Crippen molar-refractivity contribution >= 4 is 23.3 Å². The number of carbonyl (C=O) groups is 2. The molecule has 1 heterocycles. The number of likely N-dealkylation sites (N-methyl/N-ethyl adjacent to an activating group) is 1. The van der Waals surface area contributed by atoms with Crippen molar-refractivity contribution < 1.29 is 24.2 Å². The van der Waals surface area contributed by atoms with Crippen molar-refractivity contribution in [2.75, 3.05) is 30.4 Å². The molecule has 1 aliphatic heterocycles. The first kappa shape index (κ1) is 24.1. The number of rotatable bonds is 7. The zero-order valence-electron chi connectivity index (χ0n) is 20.4. The second-order valence-electron chi connectivity index (χ2n) is 8.99. The highest BCUT2D eigenvalue weighted by Gasteiger charge is 2.24. The van der Waals surface area contributed by atoms with Gasteiger partial charge in [-0.15, -0.1) is 0 Å². The van der Waals surface area contributed by atoms with E-state index in [0.717, 1.165) is 34.7 Å². The van der Waals surface area contributed by atoms with E-state index in [2.05, 4.69) is 10.2 Å². The molecule has 0 bridgehead atoms. The highest BCUT2D eigenvalue weighted by atomic mass is 16.5. The van der Waals surface area contributed by atoms with Crippen molar-refractivity contribution in [1.82, 2.24) is 0 Å². The van der Waals surface area contributed by atoms with Crippen molar-refractivity contribution in [1.29, 1.82) is 0 Å². The van der Waals surface area contributed by atoms with E-state index in [1.165, 1.54) is 0 Å². The summed E-state index contributed by atoms with van der Waals surface area (Å²) in [6.07, 6.45) is -0.209. The fraction of sp³-hybridized carbons (Fsp3) is 0.286. The molecule has 4 rings (SSSR count). The van der Waals surface area contributed by atoms with Crippen LogP contribution in [-0.2, 0) is 11.2 Å². The molecule has 3 aromatic rings. The van der Waals surface area contributed by atoms with Crippen LogP contribution in [0.15, 0.2) is 54.6 Å². The highest BCUT2D eigenvalue weighted by molar-refractivity contribution is 6.05. The second kappa shape index (κ2) is 10.1. The van der Waals surface area contributed by atoms with Gasteiger partial charge in [-0.1, -0.05) is 18.2 Å². The number of para-hydroxylation sites is 2. The van der Waals surface area contributed by atoms with Gasteiger partial charge in [-0.25, -0.2) is 0 Å². The van der Waals surface area contributed by atoms with Crippen LogP contribution in [0.25, 0.3) is 0 Å². The summed E-state index contributed by atoms with van der Waals surface area (Å²) < 4.78 is 12.2. The predicted molar refractivity (Wildman–Crippen MR) is 136 cm³/mol. The van der Waals surface area contributed by atoms with Crippen LogP contribution in [0.1, 0.15) is 32.6 Å². The molecule has 0 spiro atoms.